The molecule has 0 amide bonds. The quantitative estimate of drug-likeness (QED) is 0.773. The predicted octanol–water partition coefficient (Wildman–Crippen LogP) is 3.26. The van der Waals surface area contributed by atoms with Gasteiger partial charge in [0.1, 0.15) is 6.10 Å². The number of imidazole rings is 1. The lowest BCUT2D eigenvalue weighted by atomic mass is 9.84. The standard InChI is InChI=1S/C22H30ClN5O2/c1-14-12-15(2-3-19(14)28-8-10-29-11-9-28)20-17(23)13-18-21(26-20)27-22(25-18)30-16-4-6-24-7-5-16/h12-14,16,19,24H,2-11H2,1H3,(H,25,26,27). The topological polar surface area (TPSA) is 75.3 Å². The summed E-state index contributed by atoms with van der Waals surface area (Å²) < 4.78 is 11.6. The van der Waals surface area contributed by atoms with E-state index in [9.17, 15) is 0 Å². The number of hydrogen-bond acceptors (Lipinski definition) is 6. The average molecular weight is 432 g/mol. The van der Waals surface area contributed by atoms with Gasteiger partial charge in [-0.3, -0.25) is 4.90 Å². The number of rotatable bonds is 4. The van der Waals surface area contributed by atoms with Crippen molar-refractivity contribution >= 4 is 28.3 Å². The number of aromatic nitrogens is 3. The third kappa shape index (κ3) is 4.21. The SMILES string of the molecule is CC1C=C(c2nc3nc(OC4CCNCC4)[nH]c3cc2Cl)CCC1N1CCOCC1. The fourth-order valence-electron chi connectivity index (χ4n) is 4.95. The maximum absolute atomic E-state index is 6.64. The van der Waals surface area contributed by atoms with Gasteiger partial charge in [0, 0.05) is 19.1 Å². The van der Waals surface area contributed by atoms with Crippen LogP contribution in [-0.2, 0) is 4.74 Å². The maximum atomic E-state index is 6.64. The summed E-state index contributed by atoms with van der Waals surface area (Å²) in [5, 5.41) is 4.02. The Hall–Kier alpha value is -1.67. The number of morpholine rings is 1. The van der Waals surface area contributed by atoms with Gasteiger partial charge >= 0.3 is 0 Å². The van der Waals surface area contributed by atoms with E-state index < -0.39 is 0 Å². The van der Waals surface area contributed by atoms with E-state index in [0.29, 0.717) is 28.6 Å². The molecule has 30 heavy (non-hydrogen) atoms. The van der Waals surface area contributed by atoms with Gasteiger partial charge < -0.3 is 19.8 Å². The summed E-state index contributed by atoms with van der Waals surface area (Å²) in [6.07, 6.45) is 6.63. The van der Waals surface area contributed by atoms with Crippen LogP contribution in [0.3, 0.4) is 0 Å². The Balaban J connectivity index is 1.35. The summed E-state index contributed by atoms with van der Waals surface area (Å²) >= 11 is 6.64. The number of aromatic amines is 1. The van der Waals surface area contributed by atoms with Gasteiger partial charge in [-0.15, -0.1) is 0 Å². The molecule has 3 aliphatic rings. The van der Waals surface area contributed by atoms with Crippen molar-refractivity contribution in [3.05, 3.63) is 22.9 Å². The number of nitrogens with zero attached hydrogens (tertiary/aromatic N) is 3. The Morgan fingerprint density at radius 3 is 2.73 bits per heavy atom. The van der Waals surface area contributed by atoms with Gasteiger partial charge in [0.2, 0.25) is 0 Å². The van der Waals surface area contributed by atoms with Gasteiger partial charge in [0.25, 0.3) is 6.01 Å². The van der Waals surface area contributed by atoms with E-state index in [0.717, 1.165) is 76.3 Å². The zero-order valence-electron chi connectivity index (χ0n) is 17.5. The summed E-state index contributed by atoms with van der Waals surface area (Å²) in [6, 6.07) is 3.03. The molecule has 0 radical (unpaired) electrons. The normalized spacial score (nSPS) is 26.7. The number of H-pyrrole nitrogens is 1. The summed E-state index contributed by atoms with van der Waals surface area (Å²) in [6.45, 7) is 7.99. The molecule has 2 aromatic heterocycles. The highest BCUT2D eigenvalue weighted by Gasteiger charge is 2.29. The Bertz CT molecular complexity index is 918. The van der Waals surface area contributed by atoms with E-state index in [-0.39, 0.29) is 6.10 Å². The number of piperidine rings is 1. The average Bonchev–Trinajstić information content (AvgIpc) is 3.15. The van der Waals surface area contributed by atoms with Crippen molar-refractivity contribution in [1.29, 1.82) is 0 Å². The van der Waals surface area contributed by atoms with Crippen LogP contribution in [0.25, 0.3) is 16.7 Å². The van der Waals surface area contributed by atoms with Crippen molar-refractivity contribution in [2.45, 2.75) is 44.8 Å². The first-order valence-corrected chi connectivity index (χ1v) is 11.5. The van der Waals surface area contributed by atoms with Gasteiger partial charge in [-0.1, -0.05) is 24.6 Å². The van der Waals surface area contributed by atoms with Crippen LogP contribution in [0.5, 0.6) is 6.01 Å². The van der Waals surface area contributed by atoms with Crippen molar-refractivity contribution in [3.8, 4) is 6.01 Å². The van der Waals surface area contributed by atoms with Crippen LogP contribution < -0.4 is 10.1 Å². The van der Waals surface area contributed by atoms with E-state index in [4.69, 9.17) is 26.1 Å². The molecule has 0 bridgehead atoms. The molecule has 2 atom stereocenters. The van der Waals surface area contributed by atoms with Crippen molar-refractivity contribution in [1.82, 2.24) is 25.2 Å². The van der Waals surface area contributed by atoms with Gasteiger partial charge in [-0.05, 0) is 56.3 Å². The lowest BCUT2D eigenvalue weighted by molar-refractivity contribution is 0.00634. The van der Waals surface area contributed by atoms with Crippen LogP contribution in [0.15, 0.2) is 12.1 Å². The number of halogens is 1. The molecule has 162 valence electrons. The molecule has 2 aromatic rings. The third-order valence-electron chi connectivity index (χ3n) is 6.57. The first-order valence-electron chi connectivity index (χ1n) is 11.1. The largest absolute Gasteiger partial charge is 0.461 e. The molecule has 2 N–H and O–H groups in total. The number of nitrogens with one attached hydrogen (secondary N) is 2. The Kier molecular flexibility index (Phi) is 5.96. The molecule has 0 saturated carbocycles. The molecule has 8 heteroatoms. The van der Waals surface area contributed by atoms with Gasteiger partial charge in [0.15, 0.2) is 5.65 Å². The molecule has 0 spiro atoms. The lowest BCUT2D eigenvalue weighted by Gasteiger charge is -2.39. The molecular weight excluding hydrogens is 402 g/mol. The highest BCUT2D eigenvalue weighted by molar-refractivity contribution is 6.32. The summed E-state index contributed by atoms with van der Waals surface area (Å²) in [7, 11) is 0. The van der Waals surface area contributed by atoms with E-state index >= 15 is 0 Å². The molecule has 2 unspecified atom stereocenters. The summed E-state index contributed by atoms with van der Waals surface area (Å²) in [5.74, 6) is 0.457. The molecule has 1 aliphatic carbocycles. The number of hydrogen-bond donors (Lipinski definition) is 2. The van der Waals surface area contributed by atoms with Crippen LogP contribution >= 0.6 is 11.6 Å². The zero-order valence-corrected chi connectivity index (χ0v) is 18.2. The molecule has 4 heterocycles. The smallest absolute Gasteiger partial charge is 0.296 e. The molecule has 0 aromatic carbocycles. The van der Waals surface area contributed by atoms with Gasteiger partial charge in [-0.2, -0.15) is 4.98 Å². The van der Waals surface area contributed by atoms with E-state index in [2.05, 4.69) is 33.2 Å². The van der Waals surface area contributed by atoms with Crippen molar-refractivity contribution in [2.24, 2.45) is 5.92 Å². The number of ether oxygens (including phenoxy) is 2. The van der Waals surface area contributed by atoms with Crippen LogP contribution in [0.2, 0.25) is 5.02 Å². The minimum absolute atomic E-state index is 0.195. The van der Waals surface area contributed by atoms with Crippen molar-refractivity contribution in [3.63, 3.8) is 0 Å². The van der Waals surface area contributed by atoms with E-state index in [1.165, 1.54) is 5.57 Å². The number of pyridine rings is 1. The Morgan fingerprint density at radius 2 is 1.97 bits per heavy atom. The highest BCUT2D eigenvalue weighted by Crippen LogP contribution is 2.36. The molecule has 2 aliphatic heterocycles. The Labute approximate surface area is 182 Å². The maximum Gasteiger partial charge on any atom is 0.296 e. The molecule has 5 rings (SSSR count). The molecule has 7 nitrogen and oxygen atoms in total. The molecule has 2 fully saturated rings. The van der Waals surface area contributed by atoms with Crippen molar-refractivity contribution in [2.75, 3.05) is 39.4 Å². The summed E-state index contributed by atoms with van der Waals surface area (Å²) in [4.78, 5) is 15.2. The van der Waals surface area contributed by atoms with Gasteiger partial charge in [-0.25, -0.2) is 4.98 Å². The minimum Gasteiger partial charge on any atom is -0.461 e. The second-order valence-corrected chi connectivity index (χ2v) is 9.01. The second kappa shape index (κ2) is 8.83. The van der Waals surface area contributed by atoms with Crippen LogP contribution in [0.1, 0.15) is 38.3 Å². The monoisotopic (exact) mass is 431 g/mol. The Morgan fingerprint density at radius 1 is 1.17 bits per heavy atom. The minimum atomic E-state index is 0.195. The first-order chi connectivity index (χ1) is 14.7. The first kappa shape index (κ1) is 20.2. The zero-order chi connectivity index (χ0) is 20.5. The molecule has 2 saturated heterocycles. The van der Waals surface area contributed by atoms with Gasteiger partial charge in [0.05, 0.1) is 29.4 Å². The number of fused-ring (bicyclic) bond motifs is 1. The highest BCUT2D eigenvalue weighted by atomic mass is 35.5. The van der Waals surface area contributed by atoms with Crippen LogP contribution in [-0.4, -0.2) is 71.4 Å². The van der Waals surface area contributed by atoms with E-state index in [1.807, 2.05) is 6.07 Å². The fraction of sp³-hybridized carbons (Fsp3) is 0.636. The van der Waals surface area contributed by atoms with Crippen molar-refractivity contribution < 1.29 is 9.47 Å². The fourth-order valence-corrected chi connectivity index (χ4v) is 5.22. The second-order valence-electron chi connectivity index (χ2n) is 8.60. The molecular formula is C22H30ClN5O2. The van der Waals surface area contributed by atoms with E-state index in [1.54, 1.807) is 0 Å². The van der Waals surface area contributed by atoms with Crippen LogP contribution in [0, 0.1) is 5.92 Å². The lowest BCUT2D eigenvalue weighted by Crippen LogP contribution is -2.46. The summed E-state index contributed by atoms with van der Waals surface area (Å²) in [5.41, 5.74) is 3.57. The number of allylic oxidation sites excluding steroid dienone is 1. The third-order valence-corrected chi connectivity index (χ3v) is 6.86. The predicted molar refractivity (Wildman–Crippen MR) is 118 cm³/mol. The van der Waals surface area contributed by atoms with Crippen LogP contribution in [0.4, 0.5) is 0 Å².